The van der Waals surface area contributed by atoms with Crippen molar-refractivity contribution in [2.75, 3.05) is 0 Å². The fourth-order valence-corrected chi connectivity index (χ4v) is 0.588. The van der Waals surface area contributed by atoms with E-state index in [1.165, 1.54) is 0 Å². The van der Waals surface area contributed by atoms with Gasteiger partial charge in [0.1, 0.15) is 0 Å². The van der Waals surface area contributed by atoms with Crippen LogP contribution in [-0.2, 0) is 14.5 Å². The molecular weight excluding hydrogens is 184 g/mol. The van der Waals surface area contributed by atoms with Gasteiger partial charge >= 0.3 is 11.9 Å². The number of rotatable bonds is 5. The predicted molar refractivity (Wildman–Crippen MR) is 37.7 cm³/mol. The Morgan fingerprint density at radius 3 is 2.08 bits per heavy atom. The standard InChI is InChI=1S/C6H8O7/c1-3(13-12)6(11,5(9)10)2-4(7)8/h11-12H,1-2H2,(H,7,8)(H,9,10). The first-order valence-electron chi connectivity index (χ1n) is 3.03. The molecule has 0 radical (unpaired) electrons. The summed E-state index contributed by atoms with van der Waals surface area (Å²) in [6.45, 7) is 2.85. The zero-order valence-electron chi connectivity index (χ0n) is 6.43. The molecule has 0 aromatic rings. The average Bonchev–Trinajstić information content (AvgIpc) is 2.01. The summed E-state index contributed by atoms with van der Waals surface area (Å²) >= 11 is 0. The van der Waals surface area contributed by atoms with Gasteiger partial charge in [0.25, 0.3) is 0 Å². The van der Waals surface area contributed by atoms with Gasteiger partial charge in [0.2, 0.25) is 5.60 Å². The first-order valence-corrected chi connectivity index (χ1v) is 3.03. The van der Waals surface area contributed by atoms with E-state index in [2.05, 4.69) is 11.5 Å². The van der Waals surface area contributed by atoms with Crippen molar-refractivity contribution in [1.29, 1.82) is 0 Å². The third-order valence-electron chi connectivity index (χ3n) is 1.33. The zero-order valence-corrected chi connectivity index (χ0v) is 6.43. The number of hydrogen-bond acceptors (Lipinski definition) is 5. The van der Waals surface area contributed by atoms with E-state index in [0.29, 0.717) is 0 Å². The molecule has 0 heterocycles. The number of carboxylic acid groups (broad SMARTS) is 2. The number of carboxylic acids is 2. The summed E-state index contributed by atoms with van der Waals surface area (Å²) < 4.78 is 0. The Kier molecular flexibility index (Phi) is 3.40. The molecular formula is C6H8O7. The summed E-state index contributed by atoms with van der Waals surface area (Å²) in [6.07, 6.45) is -1.15. The number of aliphatic hydroxyl groups is 1. The zero-order chi connectivity index (χ0) is 10.6. The van der Waals surface area contributed by atoms with Gasteiger partial charge in [0.15, 0.2) is 5.76 Å². The minimum absolute atomic E-state index is 0.956. The molecule has 0 fully saturated rings. The van der Waals surface area contributed by atoms with E-state index in [0.717, 1.165) is 0 Å². The highest BCUT2D eigenvalue weighted by Gasteiger charge is 2.44. The molecule has 0 amide bonds. The number of hydrogen-bond donors (Lipinski definition) is 4. The molecule has 0 saturated carbocycles. The third kappa shape index (κ3) is 2.42. The van der Waals surface area contributed by atoms with Gasteiger partial charge in [-0.25, -0.2) is 10.1 Å². The molecule has 0 aliphatic heterocycles. The van der Waals surface area contributed by atoms with Crippen LogP contribution in [0.3, 0.4) is 0 Å². The topological polar surface area (TPSA) is 124 Å². The minimum Gasteiger partial charge on any atom is -0.481 e. The van der Waals surface area contributed by atoms with Crippen molar-refractivity contribution in [2.45, 2.75) is 12.0 Å². The van der Waals surface area contributed by atoms with Gasteiger partial charge in [-0.15, -0.1) is 0 Å². The Labute approximate surface area is 72.4 Å². The van der Waals surface area contributed by atoms with E-state index >= 15 is 0 Å². The molecule has 74 valence electrons. The Balaban J connectivity index is 4.83. The van der Waals surface area contributed by atoms with Gasteiger partial charge in [-0.05, 0) is 0 Å². The van der Waals surface area contributed by atoms with Crippen LogP contribution in [0, 0.1) is 0 Å². The molecule has 0 aromatic heterocycles. The Hall–Kier alpha value is -1.60. The van der Waals surface area contributed by atoms with Crippen molar-refractivity contribution in [1.82, 2.24) is 0 Å². The summed E-state index contributed by atoms with van der Waals surface area (Å²) in [5, 5.41) is 33.8. The molecule has 1 atom stereocenters. The van der Waals surface area contributed by atoms with Crippen LogP contribution in [0.25, 0.3) is 0 Å². The summed E-state index contributed by atoms with van der Waals surface area (Å²) in [7, 11) is 0. The van der Waals surface area contributed by atoms with Crippen LogP contribution in [0.5, 0.6) is 0 Å². The highest BCUT2D eigenvalue weighted by atomic mass is 17.1. The fourth-order valence-electron chi connectivity index (χ4n) is 0.588. The van der Waals surface area contributed by atoms with Crippen LogP contribution in [0.1, 0.15) is 6.42 Å². The van der Waals surface area contributed by atoms with Crippen LogP contribution in [-0.4, -0.2) is 38.1 Å². The largest absolute Gasteiger partial charge is 0.481 e. The van der Waals surface area contributed by atoms with Crippen molar-refractivity contribution in [2.24, 2.45) is 0 Å². The SMILES string of the molecule is C=C(OO)C(O)(CC(=O)O)C(=O)O. The molecule has 0 aliphatic carbocycles. The van der Waals surface area contributed by atoms with Gasteiger partial charge in [0.05, 0.1) is 6.42 Å². The summed E-state index contributed by atoms with van der Waals surface area (Å²) in [6, 6.07) is 0. The molecule has 0 rings (SSSR count). The minimum atomic E-state index is -2.82. The monoisotopic (exact) mass is 192 g/mol. The fraction of sp³-hybridized carbons (Fsp3) is 0.333. The molecule has 1 unspecified atom stereocenters. The van der Waals surface area contributed by atoms with E-state index in [4.69, 9.17) is 20.6 Å². The van der Waals surface area contributed by atoms with Crippen LogP contribution >= 0.6 is 0 Å². The lowest BCUT2D eigenvalue weighted by molar-refractivity contribution is -0.231. The third-order valence-corrected chi connectivity index (χ3v) is 1.33. The first-order chi connectivity index (χ1) is 5.84. The van der Waals surface area contributed by atoms with Gasteiger partial charge in [0, 0.05) is 0 Å². The van der Waals surface area contributed by atoms with Crippen LogP contribution in [0.2, 0.25) is 0 Å². The molecule has 0 aliphatic rings. The maximum Gasteiger partial charge on any atom is 0.344 e. The second kappa shape index (κ2) is 3.87. The van der Waals surface area contributed by atoms with Crippen LogP contribution < -0.4 is 0 Å². The quantitative estimate of drug-likeness (QED) is 0.257. The molecule has 0 spiro atoms. The summed E-state index contributed by atoms with van der Waals surface area (Å²) in [5.74, 6) is -4.39. The first kappa shape index (κ1) is 11.4. The van der Waals surface area contributed by atoms with Crippen LogP contribution in [0.4, 0.5) is 0 Å². The molecule has 4 N–H and O–H groups in total. The van der Waals surface area contributed by atoms with Crippen LogP contribution in [0.15, 0.2) is 12.3 Å². The Morgan fingerprint density at radius 1 is 1.38 bits per heavy atom. The smallest absolute Gasteiger partial charge is 0.344 e. The number of carbonyl (C=O) groups is 2. The molecule has 13 heavy (non-hydrogen) atoms. The molecule has 7 nitrogen and oxygen atoms in total. The normalized spacial score (nSPS) is 14.3. The van der Waals surface area contributed by atoms with E-state index in [1.54, 1.807) is 0 Å². The second-order valence-corrected chi connectivity index (χ2v) is 2.25. The molecule has 7 heteroatoms. The van der Waals surface area contributed by atoms with Gasteiger partial charge in [-0.1, -0.05) is 6.58 Å². The van der Waals surface area contributed by atoms with Gasteiger partial charge in [-0.2, -0.15) is 0 Å². The highest BCUT2D eigenvalue weighted by Crippen LogP contribution is 2.20. The van der Waals surface area contributed by atoms with Gasteiger partial charge in [-0.3, -0.25) is 4.79 Å². The van der Waals surface area contributed by atoms with E-state index in [1.807, 2.05) is 0 Å². The van der Waals surface area contributed by atoms with Crippen molar-refractivity contribution >= 4 is 11.9 Å². The Bertz CT molecular complexity index is 245. The highest BCUT2D eigenvalue weighted by molar-refractivity contribution is 5.86. The summed E-state index contributed by atoms with van der Waals surface area (Å²) in [4.78, 5) is 23.9. The van der Waals surface area contributed by atoms with E-state index in [-0.39, 0.29) is 0 Å². The van der Waals surface area contributed by atoms with E-state index < -0.39 is 29.7 Å². The van der Waals surface area contributed by atoms with E-state index in [9.17, 15) is 9.59 Å². The van der Waals surface area contributed by atoms with Crippen molar-refractivity contribution in [3.05, 3.63) is 12.3 Å². The van der Waals surface area contributed by atoms with Crippen molar-refractivity contribution in [3.8, 4) is 0 Å². The average molecular weight is 192 g/mol. The molecule has 0 aromatic carbocycles. The maximum atomic E-state index is 10.4. The number of aliphatic carboxylic acids is 2. The summed E-state index contributed by atoms with van der Waals surface area (Å²) in [5.41, 5.74) is -2.82. The van der Waals surface area contributed by atoms with Crippen molar-refractivity contribution in [3.63, 3.8) is 0 Å². The maximum absolute atomic E-state index is 10.4. The van der Waals surface area contributed by atoms with Gasteiger partial charge < -0.3 is 20.2 Å². The lowest BCUT2D eigenvalue weighted by Crippen LogP contribution is -2.42. The lowest BCUT2D eigenvalue weighted by Gasteiger charge is -2.20. The molecule has 0 bridgehead atoms. The predicted octanol–water partition coefficient (Wildman–Crippen LogP) is -0.720. The lowest BCUT2D eigenvalue weighted by atomic mass is 9.98. The molecule has 0 saturated heterocycles. The Morgan fingerprint density at radius 2 is 1.85 bits per heavy atom. The van der Waals surface area contributed by atoms with Crippen molar-refractivity contribution < 1.29 is 35.1 Å². The second-order valence-electron chi connectivity index (χ2n) is 2.25.